The van der Waals surface area contributed by atoms with E-state index >= 15 is 0 Å². The van der Waals surface area contributed by atoms with Crippen LogP contribution < -0.4 is 46.2 Å². The fourth-order valence-corrected chi connectivity index (χ4v) is 11.2. The summed E-state index contributed by atoms with van der Waals surface area (Å²) in [5, 5.41) is 14.3. The van der Waals surface area contributed by atoms with Crippen LogP contribution in [0.5, 0.6) is 11.5 Å². The number of nitrogens with zero attached hydrogens (tertiary/aromatic N) is 3. The van der Waals surface area contributed by atoms with Crippen LogP contribution in [0.4, 0.5) is 16.2 Å². The van der Waals surface area contributed by atoms with Gasteiger partial charge in [-0.2, -0.15) is 20.2 Å². The Morgan fingerprint density at radius 3 is 2.52 bits per heavy atom. The number of amides is 4. The molecule has 2 aromatic rings. The van der Waals surface area contributed by atoms with Crippen molar-refractivity contribution < 1.29 is 32.1 Å². The van der Waals surface area contributed by atoms with Gasteiger partial charge in [-0.25, -0.2) is 14.4 Å². The highest BCUT2D eigenvalue weighted by Gasteiger charge is 2.42. The number of benzene rings is 2. The first-order valence-corrected chi connectivity index (χ1v) is 23.6. The molecule has 0 aromatic heterocycles. The zero-order chi connectivity index (χ0) is 41.0. The van der Waals surface area contributed by atoms with Gasteiger partial charge in [0.15, 0.2) is 11.5 Å². The molecule has 3 atom stereocenters. The van der Waals surface area contributed by atoms with Gasteiger partial charge in [-0.05, 0) is 83.4 Å². The predicted octanol–water partition coefficient (Wildman–Crippen LogP) is 3.98. The predicted molar refractivity (Wildman–Crippen MR) is 227 cm³/mol. The summed E-state index contributed by atoms with van der Waals surface area (Å²) in [4.78, 5) is 43.9. The molecule has 0 radical (unpaired) electrons. The molecule has 5 aliphatic rings. The van der Waals surface area contributed by atoms with Gasteiger partial charge < -0.3 is 30.9 Å². The van der Waals surface area contributed by atoms with Gasteiger partial charge in [0.1, 0.15) is 29.9 Å². The summed E-state index contributed by atoms with van der Waals surface area (Å²) in [6, 6.07) is 8.30. The lowest BCUT2D eigenvalue weighted by molar-refractivity contribution is -0.121. The van der Waals surface area contributed by atoms with Crippen LogP contribution >= 0.6 is 11.8 Å². The lowest BCUT2D eigenvalue weighted by Crippen LogP contribution is -2.46. The normalized spacial score (nSPS) is 21.2. The molecule has 314 valence electrons. The Hall–Kier alpha value is -4.15. The van der Waals surface area contributed by atoms with Gasteiger partial charge in [-0.1, -0.05) is 12.5 Å². The van der Waals surface area contributed by atoms with E-state index in [1.165, 1.54) is 10.9 Å². The third-order valence-electron chi connectivity index (χ3n) is 11.9. The molecule has 7 rings (SSSR count). The van der Waals surface area contributed by atoms with Gasteiger partial charge in [-0.15, -0.1) is 0 Å². The summed E-state index contributed by atoms with van der Waals surface area (Å²) in [5.41, 5.74) is 3.14. The van der Waals surface area contributed by atoms with Gasteiger partial charge in [0.25, 0.3) is 10.1 Å². The molecule has 4 amide bonds. The first-order chi connectivity index (χ1) is 27.8. The summed E-state index contributed by atoms with van der Waals surface area (Å²) >= 11 is 1.90. The molecular weight excluding hydrogens is 779 g/mol. The third kappa shape index (κ3) is 9.99. The maximum Gasteiger partial charge on any atom is 0.315 e. The second-order valence-corrected chi connectivity index (χ2v) is 19.3. The number of hydrogen-bond donors (Lipinski definition) is 5. The van der Waals surface area contributed by atoms with E-state index in [9.17, 15) is 27.4 Å². The van der Waals surface area contributed by atoms with Crippen LogP contribution in [0.1, 0.15) is 96.1 Å². The van der Waals surface area contributed by atoms with Crippen molar-refractivity contribution in [3.8, 4) is 11.5 Å². The Labute approximate surface area is 345 Å². The number of fused-ring (bicyclic) bond motifs is 5. The first kappa shape index (κ1) is 42.0. The Kier molecular flexibility index (Phi) is 13.0. The second kappa shape index (κ2) is 18.0. The first-order valence-electron chi connectivity index (χ1n) is 20.9. The molecule has 0 spiro atoms. The number of thioether (sulfide) groups is 1. The van der Waals surface area contributed by atoms with Crippen molar-refractivity contribution in [2.75, 3.05) is 49.1 Å². The minimum absolute atomic E-state index is 0.0299. The van der Waals surface area contributed by atoms with E-state index in [0.717, 1.165) is 81.3 Å². The van der Waals surface area contributed by atoms with Crippen molar-refractivity contribution in [2.24, 2.45) is 4.99 Å². The zero-order valence-electron chi connectivity index (χ0n) is 33.9. The molecule has 0 bridgehead atoms. The lowest BCUT2D eigenvalue weighted by atomic mass is 9.88. The standard InChI is InChI=1S/C42H57N7O7S2/c1-4-48-18-10-12-27-20-30-35(22-33(27)48)56-36-23-34-29(21-31(36)45-30)28(26-58(53,54)55)24-42(2,3)49(34)19-11-15-39(51)44-17-9-5-8-16-43-38(50)14-7-6-13-37-40-32(25-57-37)46-41(52)47-40/h20-24,32,37,40H,4-19,25-26H2,1-3H3,(H4-,43,44,46,47,50,51,52,53,54,55)/p+1/t32-,37?,40-/m0/s1. The van der Waals surface area contributed by atoms with E-state index in [4.69, 9.17) is 9.73 Å². The van der Waals surface area contributed by atoms with Crippen molar-refractivity contribution >= 4 is 56.7 Å². The molecule has 58 heavy (non-hydrogen) atoms. The average molecular weight is 837 g/mol. The van der Waals surface area contributed by atoms with Crippen LogP contribution in [0.3, 0.4) is 0 Å². The Morgan fingerprint density at radius 1 is 1.02 bits per heavy atom. The number of ether oxygens (including phenoxy) is 1. The van der Waals surface area contributed by atoms with Crippen LogP contribution in [0, 0.1) is 0 Å². The topological polar surface area (TPSA) is 182 Å². The SMILES string of the molecule is CC[N+]1=c2cc3c(cc2CCC1)=Nc1cc2c(cc1O3)N(CCCC(=O)NCCCCCNC(=O)CCCCC1SC[C@@H]3NC(=O)N[C@H]13)C(C)(C)C=C2CS(=O)(=O)O. The van der Waals surface area contributed by atoms with E-state index < -0.39 is 21.4 Å². The lowest BCUT2D eigenvalue weighted by Gasteiger charge is -2.44. The molecule has 1 unspecified atom stereocenters. The molecule has 5 aliphatic heterocycles. The molecule has 5 heterocycles. The smallest absolute Gasteiger partial charge is 0.315 e. The van der Waals surface area contributed by atoms with E-state index in [1.54, 1.807) is 0 Å². The molecule has 2 aromatic carbocycles. The van der Waals surface area contributed by atoms with Crippen molar-refractivity contribution in [3.63, 3.8) is 0 Å². The number of nitrogens with one attached hydrogen (secondary N) is 4. The van der Waals surface area contributed by atoms with Gasteiger partial charge in [0.05, 0.1) is 23.7 Å². The second-order valence-electron chi connectivity index (χ2n) is 16.6. The van der Waals surface area contributed by atoms with Crippen LogP contribution in [-0.4, -0.2) is 97.9 Å². The summed E-state index contributed by atoms with van der Waals surface area (Å²) < 4.78 is 43.1. The maximum atomic E-state index is 12.9. The largest absolute Gasteiger partial charge is 0.452 e. The number of hydrogen-bond acceptors (Lipinski definition) is 9. The number of urea groups is 1. The Morgan fingerprint density at radius 2 is 1.78 bits per heavy atom. The van der Waals surface area contributed by atoms with Crippen LogP contribution in [0.2, 0.25) is 0 Å². The molecule has 2 fully saturated rings. The highest BCUT2D eigenvalue weighted by atomic mass is 32.2. The highest BCUT2D eigenvalue weighted by molar-refractivity contribution is 8.00. The van der Waals surface area contributed by atoms with E-state index in [1.807, 2.05) is 43.8 Å². The van der Waals surface area contributed by atoms with Crippen molar-refractivity contribution in [3.05, 3.63) is 52.2 Å². The molecule has 0 aliphatic carbocycles. The third-order valence-corrected chi connectivity index (χ3v) is 14.0. The summed E-state index contributed by atoms with van der Waals surface area (Å²) in [6.45, 7) is 9.77. The number of rotatable bonds is 18. The number of carbonyl (C=O) groups is 3. The molecule has 16 heteroatoms. The highest BCUT2D eigenvalue weighted by Crippen LogP contribution is 2.47. The van der Waals surface area contributed by atoms with E-state index in [2.05, 4.69) is 49.8 Å². The number of aryl methyl sites for hydroxylation is 1. The summed E-state index contributed by atoms with van der Waals surface area (Å²) in [7, 11) is -4.32. The van der Waals surface area contributed by atoms with Gasteiger partial charge in [-0.3, -0.25) is 14.1 Å². The molecular formula is C42H58N7O7S2+. The van der Waals surface area contributed by atoms with E-state index in [-0.39, 0.29) is 29.9 Å². The molecule has 2 saturated heterocycles. The summed E-state index contributed by atoms with van der Waals surface area (Å²) in [6.07, 6.45) is 10.7. The fraction of sp³-hybridized carbons (Fsp3) is 0.595. The quantitative estimate of drug-likeness (QED) is 0.0549. The fourth-order valence-electron chi connectivity index (χ4n) is 8.98. The van der Waals surface area contributed by atoms with Crippen LogP contribution in [0.25, 0.3) is 5.57 Å². The molecule has 14 nitrogen and oxygen atoms in total. The van der Waals surface area contributed by atoms with Crippen molar-refractivity contribution in [1.29, 1.82) is 0 Å². The zero-order valence-corrected chi connectivity index (χ0v) is 35.5. The maximum absolute atomic E-state index is 12.9. The monoisotopic (exact) mass is 836 g/mol. The number of carbonyl (C=O) groups excluding carboxylic acids is 3. The average Bonchev–Trinajstić information content (AvgIpc) is 3.73. The minimum atomic E-state index is -4.32. The van der Waals surface area contributed by atoms with Gasteiger partial charge in [0.2, 0.25) is 17.2 Å². The van der Waals surface area contributed by atoms with Gasteiger partial charge in [0, 0.05) is 72.8 Å². The van der Waals surface area contributed by atoms with Crippen LogP contribution in [-0.2, 0) is 26.1 Å². The Balaban J connectivity index is 0.870. The van der Waals surface area contributed by atoms with Crippen molar-refractivity contribution in [2.45, 2.75) is 114 Å². The summed E-state index contributed by atoms with van der Waals surface area (Å²) in [5.74, 6) is 1.72. The number of anilines is 1. The van der Waals surface area contributed by atoms with Gasteiger partial charge >= 0.3 is 6.03 Å². The molecule has 0 saturated carbocycles. The number of unbranched alkanes of at least 4 members (excludes halogenated alkanes) is 3. The molecule has 5 N–H and O–H groups in total. The van der Waals surface area contributed by atoms with E-state index in [0.29, 0.717) is 72.5 Å². The Bertz CT molecular complexity index is 2190. The minimum Gasteiger partial charge on any atom is -0.452 e. The van der Waals surface area contributed by atoms with Crippen LogP contribution in [0.15, 0.2) is 35.3 Å². The van der Waals surface area contributed by atoms with Crippen molar-refractivity contribution in [1.82, 2.24) is 25.8 Å².